The molecular weight excluding hydrogens is 375 g/mol. The van der Waals surface area contributed by atoms with Gasteiger partial charge in [0.25, 0.3) is 5.91 Å². The van der Waals surface area contributed by atoms with Crippen molar-refractivity contribution in [2.24, 2.45) is 0 Å². The third-order valence-corrected chi connectivity index (χ3v) is 4.70. The standard InChI is InChI=1S/C22H25FN2O4/c1-16(29-21(26)15-28-20-11-5-17(23)6-12-20)22(27)24-18-7-9-19(10-8-18)25-13-3-2-4-14-25/h5-12,16H,2-4,13-15H2,1H3,(H,24,27)/t16-/m0/s1. The first-order chi connectivity index (χ1) is 14.0. The third-order valence-electron chi connectivity index (χ3n) is 4.70. The summed E-state index contributed by atoms with van der Waals surface area (Å²) in [5.41, 5.74) is 1.78. The number of nitrogens with one attached hydrogen (secondary N) is 1. The van der Waals surface area contributed by atoms with Gasteiger partial charge in [-0.25, -0.2) is 9.18 Å². The number of carbonyl (C=O) groups excluding carboxylic acids is 2. The molecule has 2 aromatic rings. The zero-order valence-electron chi connectivity index (χ0n) is 16.4. The normalized spacial score (nSPS) is 14.8. The molecule has 0 radical (unpaired) electrons. The summed E-state index contributed by atoms with van der Waals surface area (Å²) in [6.07, 6.45) is 2.70. The number of hydrogen-bond donors (Lipinski definition) is 1. The Balaban J connectivity index is 1.44. The Morgan fingerprint density at radius 2 is 1.69 bits per heavy atom. The van der Waals surface area contributed by atoms with Gasteiger partial charge in [0.05, 0.1) is 0 Å². The number of nitrogens with zero attached hydrogens (tertiary/aromatic N) is 1. The van der Waals surface area contributed by atoms with Crippen LogP contribution >= 0.6 is 0 Å². The van der Waals surface area contributed by atoms with E-state index in [0.717, 1.165) is 18.8 Å². The van der Waals surface area contributed by atoms with E-state index in [1.165, 1.54) is 50.5 Å². The molecule has 1 heterocycles. The number of carbonyl (C=O) groups is 2. The largest absolute Gasteiger partial charge is 0.482 e. The summed E-state index contributed by atoms with van der Waals surface area (Å²) in [7, 11) is 0. The van der Waals surface area contributed by atoms with Gasteiger partial charge in [-0.05, 0) is 74.7 Å². The Kier molecular flexibility index (Phi) is 7.05. The van der Waals surface area contributed by atoms with Gasteiger partial charge in [-0.15, -0.1) is 0 Å². The summed E-state index contributed by atoms with van der Waals surface area (Å²) in [5.74, 6) is -1.16. The van der Waals surface area contributed by atoms with Gasteiger partial charge in [0.15, 0.2) is 12.7 Å². The lowest BCUT2D eigenvalue weighted by atomic mass is 10.1. The Morgan fingerprint density at radius 3 is 2.34 bits per heavy atom. The Hall–Kier alpha value is -3.09. The molecule has 1 aliphatic rings. The molecule has 1 aliphatic heterocycles. The third kappa shape index (κ3) is 6.20. The molecule has 7 heteroatoms. The predicted molar refractivity (Wildman–Crippen MR) is 109 cm³/mol. The van der Waals surface area contributed by atoms with Crippen molar-refractivity contribution in [1.29, 1.82) is 0 Å². The zero-order valence-corrected chi connectivity index (χ0v) is 16.4. The van der Waals surface area contributed by atoms with Crippen LogP contribution in [0.1, 0.15) is 26.2 Å². The second-order valence-corrected chi connectivity index (χ2v) is 6.96. The molecule has 0 saturated carbocycles. The zero-order chi connectivity index (χ0) is 20.6. The van der Waals surface area contributed by atoms with Crippen LogP contribution < -0.4 is 15.0 Å². The summed E-state index contributed by atoms with van der Waals surface area (Å²) >= 11 is 0. The molecule has 1 atom stereocenters. The summed E-state index contributed by atoms with van der Waals surface area (Å²) in [6, 6.07) is 12.9. The smallest absolute Gasteiger partial charge is 0.344 e. The van der Waals surface area contributed by atoms with Gasteiger partial charge in [0.1, 0.15) is 11.6 Å². The maximum absolute atomic E-state index is 12.8. The van der Waals surface area contributed by atoms with E-state index in [-0.39, 0.29) is 6.61 Å². The van der Waals surface area contributed by atoms with Crippen LogP contribution in [0.25, 0.3) is 0 Å². The van der Waals surface area contributed by atoms with Gasteiger partial charge < -0.3 is 19.7 Å². The highest BCUT2D eigenvalue weighted by molar-refractivity contribution is 5.95. The molecule has 29 heavy (non-hydrogen) atoms. The maximum atomic E-state index is 12.8. The average Bonchev–Trinajstić information content (AvgIpc) is 2.74. The van der Waals surface area contributed by atoms with Crippen LogP contribution in [-0.2, 0) is 14.3 Å². The summed E-state index contributed by atoms with van der Waals surface area (Å²) in [4.78, 5) is 26.5. The van der Waals surface area contributed by atoms with Gasteiger partial charge in [0.2, 0.25) is 0 Å². The molecule has 0 spiro atoms. The fourth-order valence-electron chi connectivity index (χ4n) is 3.11. The molecule has 0 bridgehead atoms. The minimum Gasteiger partial charge on any atom is -0.482 e. The van der Waals surface area contributed by atoms with Crippen molar-refractivity contribution in [3.05, 3.63) is 54.3 Å². The number of benzene rings is 2. The average molecular weight is 400 g/mol. The molecule has 1 amide bonds. The lowest BCUT2D eigenvalue weighted by molar-refractivity contribution is -0.155. The lowest BCUT2D eigenvalue weighted by Crippen LogP contribution is -2.31. The van der Waals surface area contributed by atoms with E-state index in [0.29, 0.717) is 11.4 Å². The number of anilines is 2. The van der Waals surface area contributed by atoms with Crippen LogP contribution in [0.15, 0.2) is 48.5 Å². The van der Waals surface area contributed by atoms with Crippen molar-refractivity contribution in [3.63, 3.8) is 0 Å². The summed E-state index contributed by atoms with van der Waals surface area (Å²) in [5, 5.41) is 2.74. The van der Waals surface area contributed by atoms with Crippen LogP contribution in [-0.4, -0.2) is 37.7 Å². The second-order valence-electron chi connectivity index (χ2n) is 6.96. The van der Waals surface area contributed by atoms with Crippen LogP contribution in [0.5, 0.6) is 5.75 Å². The van der Waals surface area contributed by atoms with Crippen LogP contribution in [0.2, 0.25) is 0 Å². The highest BCUT2D eigenvalue weighted by Crippen LogP contribution is 2.22. The van der Waals surface area contributed by atoms with E-state index in [1.54, 1.807) is 0 Å². The predicted octanol–water partition coefficient (Wildman–Crippen LogP) is 3.77. The van der Waals surface area contributed by atoms with E-state index in [1.807, 2.05) is 24.3 Å². The van der Waals surface area contributed by atoms with Crippen molar-refractivity contribution in [1.82, 2.24) is 0 Å². The molecule has 0 aliphatic carbocycles. The molecule has 154 valence electrons. The van der Waals surface area contributed by atoms with Crippen molar-refractivity contribution in [2.45, 2.75) is 32.3 Å². The minimum atomic E-state index is -0.971. The van der Waals surface area contributed by atoms with Gasteiger partial charge >= 0.3 is 5.97 Å². The fourth-order valence-corrected chi connectivity index (χ4v) is 3.11. The van der Waals surface area contributed by atoms with Crippen molar-refractivity contribution < 1.29 is 23.5 Å². The quantitative estimate of drug-likeness (QED) is 0.717. The molecule has 1 N–H and O–H groups in total. The fraction of sp³-hybridized carbons (Fsp3) is 0.364. The Morgan fingerprint density at radius 1 is 1.03 bits per heavy atom. The van der Waals surface area contributed by atoms with E-state index >= 15 is 0 Å². The molecule has 0 aromatic heterocycles. The van der Waals surface area contributed by atoms with Crippen molar-refractivity contribution >= 4 is 23.3 Å². The molecule has 3 rings (SSSR count). The number of esters is 1. The summed E-state index contributed by atoms with van der Waals surface area (Å²) in [6.45, 7) is 3.23. The number of rotatable bonds is 7. The minimum absolute atomic E-state index is 0.342. The van der Waals surface area contributed by atoms with E-state index in [9.17, 15) is 14.0 Å². The van der Waals surface area contributed by atoms with E-state index in [2.05, 4.69) is 10.2 Å². The number of hydrogen-bond acceptors (Lipinski definition) is 5. The first-order valence-electron chi connectivity index (χ1n) is 9.75. The van der Waals surface area contributed by atoms with Gasteiger partial charge in [-0.3, -0.25) is 4.79 Å². The van der Waals surface area contributed by atoms with Crippen molar-refractivity contribution in [2.75, 3.05) is 29.9 Å². The van der Waals surface area contributed by atoms with Gasteiger partial charge in [-0.1, -0.05) is 0 Å². The van der Waals surface area contributed by atoms with Crippen molar-refractivity contribution in [3.8, 4) is 5.75 Å². The SMILES string of the molecule is C[C@H](OC(=O)COc1ccc(F)cc1)C(=O)Nc1ccc(N2CCCCC2)cc1. The number of ether oxygens (including phenoxy) is 2. The first-order valence-corrected chi connectivity index (χ1v) is 9.75. The summed E-state index contributed by atoms with van der Waals surface area (Å²) < 4.78 is 23.2. The van der Waals surface area contributed by atoms with Crippen LogP contribution in [0, 0.1) is 5.82 Å². The lowest BCUT2D eigenvalue weighted by Gasteiger charge is -2.28. The number of piperidine rings is 1. The molecule has 6 nitrogen and oxygen atoms in total. The monoisotopic (exact) mass is 400 g/mol. The second kappa shape index (κ2) is 9.91. The van der Waals surface area contributed by atoms with Crippen LogP contribution in [0.3, 0.4) is 0 Å². The van der Waals surface area contributed by atoms with E-state index in [4.69, 9.17) is 9.47 Å². The molecule has 2 aromatic carbocycles. The molecule has 1 saturated heterocycles. The van der Waals surface area contributed by atoms with Crippen LogP contribution in [0.4, 0.5) is 15.8 Å². The van der Waals surface area contributed by atoms with Gasteiger partial charge in [-0.2, -0.15) is 0 Å². The molecule has 0 unspecified atom stereocenters. The Bertz CT molecular complexity index is 818. The molecular formula is C22H25FN2O4. The van der Waals surface area contributed by atoms with Gasteiger partial charge in [0, 0.05) is 24.5 Å². The molecule has 1 fully saturated rings. The number of halogens is 1. The highest BCUT2D eigenvalue weighted by Gasteiger charge is 2.18. The highest BCUT2D eigenvalue weighted by atomic mass is 19.1. The Labute approximate surface area is 169 Å². The topological polar surface area (TPSA) is 67.9 Å². The first kappa shape index (κ1) is 20.6. The number of amides is 1. The maximum Gasteiger partial charge on any atom is 0.344 e. The van der Waals surface area contributed by atoms with E-state index < -0.39 is 23.8 Å².